The third-order valence-electron chi connectivity index (χ3n) is 2.58. The van der Waals surface area contributed by atoms with Crippen molar-refractivity contribution in [2.75, 3.05) is 0 Å². The van der Waals surface area contributed by atoms with Crippen LogP contribution in [0.1, 0.15) is 20.3 Å². The van der Waals surface area contributed by atoms with Crippen molar-refractivity contribution in [2.24, 2.45) is 0 Å². The summed E-state index contributed by atoms with van der Waals surface area (Å²) >= 11 is 0. The molecule has 60 valence electrons. The van der Waals surface area contributed by atoms with Gasteiger partial charge in [0, 0.05) is 0 Å². The van der Waals surface area contributed by atoms with Gasteiger partial charge in [0.25, 0.3) is 0 Å². The van der Waals surface area contributed by atoms with Gasteiger partial charge >= 0.3 is 0 Å². The Morgan fingerprint density at radius 1 is 1.45 bits per heavy atom. The van der Waals surface area contributed by atoms with Crippen LogP contribution in [-0.2, 0) is 0 Å². The summed E-state index contributed by atoms with van der Waals surface area (Å²) in [5.74, 6) is 0. The Labute approximate surface area is 69.7 Å². The predicted molar refractivity (Wildman–Crippen MR) is 52.1 cm³/mol. The van der Waals surface area contributed by atoms with Crippen molar-refractivity contribution in [3.63, 3.8) is 0 Å². The molecule has 0 saturated carbocycles. The van der Waals surface area contributed by atoms with E-state index in [1.807, 2.05) is 0 Å². The highest BCUT2D eigenvalue weighted by atomic mass is 31.1. The van der Waals surface area contributed by atoms with Crippen molar-refractivity contribution >= 4 is 13.2 Å². The van der Waals surface area contributed by atoms with Crippen LogP contribution in [0.25, 0.3) is 0 Å². The summed E-state index contributed by atoms with van der Waals surface area (Å²) < 4.78 is 0. The SMILES string of the molecule is CC1CC(C)P1c1cc[cH-]c1. The molecule has 0 nitrogen and oxygen atoms in total. The van der Waals surface area contributed by atoms with E-state index < -0.39 is 0 Å². The molecule has 1 fully saturated rings. The van der Waals surface area contributed by atoms with Gasteiger partial charge < -0.3 is 0 Å². The lowest BCUT2D eigenvalue weighted by Gasteiger charge is -2.45. The van der Waals surface area contributed by atoms with Gasteiger partial charge in [-0.25, -0.2) is 6.07 Å². The van der Waals surface area contributed by atoms with Crippen LogP contribution in [0.3, 0.4) is 0 Å². The van der Waals surface area contributed by atoms with Gasteiger partial charge in [-0.3, -0.25) is 0 Å². The molecule has 2 unspecified atom stereocenters. The zero-order valence-electron chi connectivity index (χ0n) is 7.12. The second-order valence-electron chi connectivity index (χ2n) is 3.48. The maximum absolute atomic E-state index is 2.39. The number of rotatable bonds is 1. The van der Waals surface area contributed by atoms with E-state index in [1.165, 1.54) is 6.42 Å². The second-order valence-corrected chi connectivity index (χ2v) is 6.58. The van der Waals surface area contributed by atoms with Crippen LogP contribution < -0.4 is 5.30 Å². The van der Waals surface area contributed by atoms with Gasteiger partial charge in [-0.15, -0.1) is 7.92 Å². The molecule has 0 spiro atoms. The Kier molecular flexibility index (Phi) is 1.81. The van der Waals surface area contributed by atoms with E-state index in [-0.39, 0.29) is 7.92 Å². The highest BCUT2D eigenvalue weighted by molar-refractivity contribution is 7.68. The normalized spacial score (nSPS) is 36.7. The van der Waals surface area contributed by atoms with Crippen LogP contribution in [0, 0.1) is 0 Å². The molecule has 1 heteroatoms. The van der Waals surface area contributed by atoms with E-state index in [2.05, 4.69) is 38.1 Å². The highest BCUT2D eigenvalue weighted by Crippen LogP contribution is 2.57. The van der Waals surface area contributed by atoms with E-state index in [1.54, 1.807) is 5.30 Å². The van der Waals surface area contributed by atoms with Gasteiger partial charge in [-0.05, 0) is 17.7 Å². The molecule has 0 amide bonds. The molecule has 1 aromatic carbocycles. The third-order valence-corrected chi connectivity index (χ3v) is 5.79. The fraction of sp³-hybridized carbons (Fsp3) is 0.500. The van der Waals surface area contributed by atoms with Gasteiger partial charge in [-0.2, -0.15) is 23.5 Å². The van der Waals surface area contributed by atoms with Crippen LogP contribution in [0.5, 0.6) is 0 Å². The smallest absolute Gasteiger partial charge is 0.0303 e. The summed E-state index contributed by atoms with van der Waals surface area (Å²) in [6.07, 6.45) is 1.44. The van der Waals surface area contributed by atoms with Crippen molar-refractivity contribution in [3.8, 4) is 0 Å². The summed E-state index contributed by atoms with van der Waals surface area (Å²) in [5, 5.41) is 1.62. The van der Waals surface area contributed by atoms with Crippen LogP contribution in [-0.4, -0.2) is 11.3 Å². The second kappa shape index (κ2) is 2.68. The summed E-state index contributed by atoms with van der Waals surface area (Å²) in [5.41, 5.74) is 1.95. The number of hydrogen-bond donors (Lipinski definition) is 0. The zero-order chi connectivity index (χ0) is 7.84. The molecule has 2 rings (SSSR count). The standard InChI is InChI=1S/C10H14P/c1-8-7-9(2)11(8)10-5-3-4-6-10/h3-6,8-9H,7H2,1-2H3/q-1. The molecule has 0 N–H and O–H groups in total. The molecule has 0 aliphatic carbocycles. The lowest BCUT2D eigenvalue weighted by atomic mass is 10.2. The molecule has 1 saturated heterocycles. The molecule has 2 atom stereocenters. The van der Waals surface area contributed by atoms with Gasteiger partial charge in [0.05, 0.1) is 0 Å². The Balaban J connectivity index is 2.17. The lowest BCUT2D eigenvalue weighted by molar-refractivity contribution is 0.714. The fourth-order valence-corrected chi connectivity index (χ4v) is 5.16. The molecule has 0 aromatic heterocycles. The van der Waals surface area contributed by atoms with E-state index in [9.17, 15) is 0 Å². The Morgan fingerprint density at radius 3 is 2.64 bits per heavy atom. The van der Waals surface area contributed by atoms with E-state index >= 15 is 0 Å². The topological polar surface area (TPSA) is 0 Å². The van der Waals surface area contributed by atoms with Crippen LogP contribution in [0.2, 0.25) is 0 Å². The molecule has 1 aliphatic rings. The van der Waals surface area contributed by atoms with Gasteiger partial charge in [0.15, 0.2) is 0 Å². The highest BCUT2D eigenvalue weighted by Gasteiger charge is 2.31. The molecular formula is C10H14P-. The lowest BCUT2D eigenvalue weighted by Crippen LogP contribution is -2.30. The van der Waals surface area contributed by atoms with Gasteiger partial charge in [0.1, 0.15) is 0 Å². The first kappa shape index (κ1) is 7.43. The predicted octanol–water partition coefficient (Wildman–Crippen LogP) is 2.69. The minimum absolute atomic E-state index is 0.222. The minimum Gasteiger partial charge on any atom is -0.206 e. The average Bonchev–Trinajstić information content (AvgIpc) is 2.39. The van der Waals surface area contributed by atoms with Crippen LogP contribution in [0.4, 0.5) is 0 Å². The van der Waals surface area contributed by atoms with Crippen molar-refractivity contribution in [2.45, 2.75) is 31.6 Å². The van der Waals surface area contributed by atoms with E-state index in [0.29, 0.717) is 0 Å². The van der Waals surface area contributed by atoms with Crippen molar-refractivity contribution in [3.05, 3.63) is 24.3 Å². The van der Waals surface area contributed by atoms with Crippen molar-refractivity contribution in [1.82, 2.24) is 0 Å². The summed E-state index contributed by atoms with van der Waals surface area (Å²) in [6, 6.07) is 8.90. The Morgan fingerprint density at radius 2 is 2.18 bits per heavy atom. The maximum Gasteiger partial charge on any atom is -0.0303 e. The van der Waals surface area contributed by atoms with E-state index in [4.69, 9.17) is 0 Å². The van der Waals surface area contributed by atoms with Gasteiger partial charge in [-0.1, -0.05) is 13.8 Å². The molecule has 11 heavy (non-hydrogen) atoms. The molecule has 1 heterocycles. The molecular weight excluding hydrogens is 151 g/mol. The van der Waals surface area contributed by atoms with E-state index in [0.717, 1.165) is 11.3 Å². The minimum atomic E-state index is 0.222. The van der Waals surface area contributed by atoms with Crippen LogP contribution >= 0.6 is 7.92 Å². The zero-order valence-corrected chi connectivity index (χ0v) is 8.01. The van der Waals surface area contributed by atoms with Crippen LogP contribution in [0.15, 0.2) is 24.3 Å². The van der Waals surface area contributed by atoms with Crippen molar-refractivity contribution in [1.29, 1.82) is 0 Å². The first-order chi connectivity index (χ1) is 5.29. The Hall–Kier alpha value is -0.220. The summed E-state index contributed by atoms with van der Waals surface area (Å²) in [7, 11) is 0.222. The quantitative estimate of drug-likeness (QED) is 0.443. The molecule has 0 bridgehead atoms. The summed E-state index contributed by atoms with van der Waals surface area (Å²) in [6.45, 7) is 4.78. The molecule has 1 aromatic rings. The van der Waals surface area contributed by atoms with Gasteiger partial charge in [0.2, 0.25) is 0 Å². The average molecular weight is 165 g/mol. The maximum atomic E-state index is 2.39. The fourth-order valence-electron chi connectivity index (χ4n) is 2.06. The van der Waals surface area contributed by atoms with Crippen molar-refractivity contribution < 1.29 is 0 Å². The molecule has 0 radical (unpaired) electrons. The number of hydrogen-bond acceptors (Lipinski definition) is 0. The summed E-state index contributed by atoms with van der Waals surface area (Å²) in [4.78, 5) is 0. The Bertz CT molecular complexity index is 217. The molecule has 1 aliphatic heterocycles. The first-order valence-corrected chi connectivity index (χ1v) is 5.77. The largest absolute Gasteiger partial charge is 0.206 e. The first-order valence-electron chi connectivity index (χ1n) is 4.29. The third kappa shape index (κ3) is 1.14. The monoisotopic (exact) mass is 165 g/mol.